The molecule has 2 rings (SSSR count). The Morgan fingerprint density at radius 1 is 1.20 bits per heavy atom. The minimum Gasteiger partial charge on any atom is -0.507 e. The van der Waals surface area contributed by atoms with Crippen molar-refractivity contribution in [2.75, 3.05) is 7.11 Å². The van der Waals surface area contributed by atoms with Gasteiger partial charge in [0, 0.05) is 6.54 Å². The van der Waals surface area contributed by atoms with Crippen molar-refractivity contribution in [3.8, 4) is 11.5 Å². The molecule has 0 aliphatic carbocycles. The highest BCUT2D eigenvalue weighted by Gasteiger charge is 2.10. The van der Waals surface area contributed by atoms with Crippen molar-refractivity contribution in [1.29, 1.82) is 0 Å². The van der Waals surface area contributed by atoms with Gasteiger partial charge in [0.2, 0.25) is 0 Å². The molecule has 0 unspecified atom stereocenters. The number of carbonyl (C=O) groups excluding carboxylic acids is 1. The van der Waals surface area contributed by atoms with Gasteiger partial charge in [-0.3, -0.25) is 4.79 Å². The van der Waals surface area contributed by atoms with Crippen molar-refractivity contribution in [2.45, 2.75) is 13.5 Å². The number of carbonyl (C=O) groups is 1. The Morgan fingerprint density at radius 2 is 1.90 bits per heavy atom. The number of amides is 1. The van der Waals surface area contributed by atoms with Gasteiger partial charge in [-0.2, -0.15) is 0 Å². The molecule has 0 aliphatic heterocycles. The van der Waals surface area contributed by atoms with E-state index < -0.39 is 0 Å². The fraction of sp³-hybridized carbons (Fsp3) is 0.188. The summed E-state index contributed by atoms with van der Waals surface area (Å²) in [6.07, 6.45) is 0. The van der Waals surface area contributed by atoms with Gasteiger partial charge in [-0.05, 0) is 42.3 Å². The molecule has 0 radical (unpaired) electrons. The van der Waals surface area contributed by atoms with Crippen LogP contribution in [0.5, 0.6) is 11.5 Å². The predicted molar refractivity (Wildman–Crippen MR) is 77.0 cm³/mol. The van der Waals surface area contributed by atoms with Gasteiger partial charge in [0.15, 0.2) is 0 Å². The zero-order valence-electron chi connectivity index (χ0n) is 11.5. The molecule has 0 spiro atoms. The molecule has 0 saturated carbocycles. The summed E-state index contributed by atoms with van der Waals surface area (Å²) in [4.78, 5) is 12.0. The van der Waals surface area contributed by atoms with Gasteiger partial charge in [-0.1, -0.05) is 18.2 Å². The van der Waals surface area contributed by atoms with E-state index in [9.17, 15) is 9.90 Å². The zero-order valence-corrected chi connectivity index (χ0v) is 11.5. The molecule has 2 aromatic carbocycles. The Hall–Kier alpha value is -2.49. The number of nitrogens with one attached hydrogen (secondary N) is 1. The first-order valence-corrected chi connectivity index (χ1v) is 6.31. The van der Waals surface area contributed by atoms with Crippen molar-refractivity contribution < 1.29 is 14.6 Å². The fourth-order valence-corrected chi connectivity index (χ4v) is 1.85. The first-order chi connectivity index (χ1) is 9.60. The van der Waals surface area contributed by atoms with Crippen LogP contribution in [0.15, 0.2) is 42.5 Å². The van der Waals surface area contributed by atoms with Crippen molar-refractivity contribution in [3.05, 3.63) is 59.2 Å². The lowest BCUT2D eigenvalue weighted by molar-refractivity contribution is 0.0948. The molecule has 4 heteroatoms. The van der Waals surface area contributed by atoms with Crippen LogP contribution in [0.4, 0.5) is 0 Å². The molecule has 1 amide bonds. The zero-order chi connectivity index (χ0) is 14.5. The van der Waals surface area contributed by atoms with E-state index in [0.29, 0.717) is 6.54 Å². The third kappa shape index (κ3) is 3.29. The van der Waals surface area contributed by atoms with E-state index in [4.69, 9.17) is 4.74 Å². The van der Waals surface area contributed by atoms with Gasteiger partial charge in [-0.15, -0.1) is 0 Å². The van der Waals surface area contributed by atoms with Crippen LogP contribution in [0.25, 0.3) is 0 Å². The van der Waals surface area contributed by atoms with Crippen LogP contribution in [0, 0.1) is 6.92 Å². The second-order valence-corrected chi connectivity index (χ2v) is 4.55. The van der Waals surface area contributed by atoms with E-state index in [1.807, 2.05) is 31.2 Å². The smallest absolute Gasteiger partial charge is 0.255 e. The number of phenols is 1. The second-order valence-electron chi connectivity index (χ2n) is 4.55. The Balaban J connectivity index is 2.00. The lowest BCUT2D eigenvalue weighted by atomic mass is 10.1. The Labute approximate surface area is 118 Å². The standard InChI is InChI=1S/C16H17NO3/c1-11-3-8-14(15(18)9-11)16(19)17-10-12-4-6-13(20-2)7-5-12/h3-9,18H,10H2,1-2H3,(H,17,19). The highest BCUT2D eigenvalue weighted by atomic mass is 16.5. The van der Waals surface area contributed by atoms with Gasteiger partial charge >= 0.3 is 0 Å². The molecule has 0 fully saturated rings. The third-order valence-electron chi connectivity index (χ3n) is 3.01. The minimum atomic E-state index is -0.293. The lowest BCUT2D eigenvalue weighted by Gasteiger charge is -2.08. The summed E-state index contributed by atoms with van der Waals surface area (Å²) >= 11 is 0. The number of hydrogen-bond donors (Lipinski definition) is 2. The summed E-state index contributed by atoms with van der Waals surface area (Å²) in [6, 6.07) is 12.4. The van der Waals surface area contributed by atoms with Crippen LogP contribution in [-0.4, -0.2) is 18.1 Å². The number of ether oxygens (including phenoxy) is 1. The van der Waals surface area contributed by atoms with E-state index in [-0.39, 0.29) is 17.2 Å². The number of phenolic OH excluding ortho intramolecular Hbond substituents is 1. The number of hydrogen-bond acceptors (Lipinski definition) is 3. The summed E-state index contributed by atoms with van der Waals surface area (Å²) in [5, 5.41) is 12.5. The molecule has 0 aliphatic rings. The van der Waals surface area contributed by atoms with Crippen molar-refractivity contribution in [2.24, 2.45) is 0 Å². The van der Waals surface area contributed by atoms with Gasteiger partial charge in [0.05, 0.1) is 12.7 Å². The van der Waals surface area contributed by atoms with Crippen LogP contribution >= 0.6 is 0 Å². The first-order valence-electron chi connectivity index (χ1n) is 6.31. The third-order valence-corrected chi connectivity index (χ3v) is 3.01. The maximum atomic E-state index is 12.0. The van der Waals surface area contributed by atoms with Gasteiger partial charge in [0.25, 0.3) is 5.91 Å². The summed E-state index contributed by atoms with van der Waals surface area (Å²) < 4.78 is 5.07. The quantitative estimate of drug-likeness (QED) is 0.898. The molecule has 2 N–H and O–H groups in total. The van der Waals surface area contributed by atoms with E-state index in [1.54, 1.807) is 25.3 Å². The first kappa shape index (κ1) is 13.9. The second kappa shape index (κ2) is 6.10. The Kier molecular flexibility index (Phi) is 4.25. The number of methoxy groups -OCH3 is 1. The van der Waals surface area contributed by atoms with Crippen molar-refractivity contribution in [3.63, 3.8) is 0 Å². The number of rotatable bonds is 4. The predicted octanol–water partition coefficient (Wildman–Crippen LogP) is 2.64. The van der Waals surface area contributed by atoms with E-state index in [1.165, 1.54) is 0 Å². The summed E-state index contributed by atoms with van der Waals surface area (Å²) in [5.41, 5.74) is 2.16. The van der Waals surface area contributed by atoms with Crippen LogP contribution < -0.4 is 10.1 Å². The molecule has 0 aromatic heterocycles. The van der Waals surface area contributed by atoms with Gasteiger partial charge < -0.3 is 15.2 Å². The average molecular weight is 271 g/mol. The summed E-state index contributed by atoms with van der Waals surface area (Å²) in [5.74, 6) is 0.479. The molecule has 0 atom stereocenters. The summed E-state index contributed by atoms with van der Waals surface area (Å²) in [7, 11) is 1.61. The maximum absolute atomic E-state index is 12.0. The fourth-order valence-electron chi connectivity index (χ4n) is 1.85. The number of aryl methyl sites for hydroxylation is 1. The minimum absolute atomic E-state index is 0.00256. The van der Waals surface area contributed by atoms with Crippen LogP contribution in [0.1, 0.15) is 21.5 Å². The monoisotopic (exact) mass is 271 g/mol. The molecule has 4 nitrogen and oxygen atoms in total. The van der Waals surface area contributed by atoms with Crippen molar-refractivity contribution in [1.82, 2.24) is 5.32 Å². The highest BCUT2D eigenvalue weighted by molar-refractivity contribution is 5.96. The molecule has 0 saturated heterocycles. The Morgan fingerprint density at radius 3 is 2.50 bits per heavy atom. The molecule has 0 heterocycles. The molecule has 0 bridgehead atoms. The molecule has 20 heavy (non-hydrogen) atoms. The topological polar surface area (TPSA) is 58.6 Å². The highest BCUT2D eigenvalue weighted by Crippen LogP contribution is 2.18. The molecule has 104 valence electrons. The Bertz CT molecular complexity index is 606. The molecular formula is C16H17NO3. The summed E-state index contributed by atoms with van der Waals surface area (Å²) in [6.45, 7) is 2.26. The number of benzene rings is 2. The van der Waals surface area contributed by atoms with Crippen LogP contribution in [0.3, 0.4) is 0 Å². The molecular weight excluding hydrogens is 254 g/mol. The van der Waals surface area contributed by atoms with E-state index in [2.05, 4.69) is 5.32 Å². The van der Waals surface area contributed by atoms with Gasteiger partial charge in [0.1, 0.15) is 11.5 Å². The maximum Gasteiger partial charge on any atom is 0.255 e. The normalized spacial score (nSPS) is 10.1. The SMILES string of the molecule is COc1ccc(CNC(=O)c2ccc(C)cc2O)cc1. The lowest BCUT2D eigenvalue weighted by Crippen LogP contribution is -2.22. The van der Waals surface area contributed by atoms with E-state index >= 15 is 0 Å². The largest absolute Gasteiger partial charge is 0.507 e. The average Bonchev–Trinajstić information content (AvgIpc) is 2.45. The van der Waals surface area contributed by atoms with Crippen LogP contribution in [0.2, 0.25) is 0 Å². The number of aromatic hydroxyl groups is 1. The van der Waals surface area contributed by atoms with Crippen molar-refractivity contribution >= 4 is 5.91 Å². The molecule has 2 aromatic rings. The van der Waals surface area contributed by atoms with E-state index in [0.717, 1.165) is 16.9 Å². The van der Waals surface area contributed by atoms with Gasteiger partial charge in [-0.25, -0.2) is 0 Å². The van der Waals surface area contributed by atoms with Crippen LogP contribution in [-0.2, 0) is 6.54 Å².